The molecule has 2 unspecified atom stereocenters. The van der Waals surface area contributed by atoms with Crippen LogP contribution in [-0.2, 0) is 0 Å². The van der Waals surface area contributed by atoms with E-state index in [0.29, 0.717) is 17.5 Å². The van der Waals surface area contributed by atoms with E-state index in [2.05, 4.69) is 5.32 Å². The summed E-state index contributed by atoms with van der Waals surface area (Å²) < 4.78 is 26.8. The van der Waals surface area contributed by atoms with E-state index < -0.39 is 11.6 Å². The maximum absolute atomic E-state index is 13.7. The Bertz CT molecular complexity index is 415. The molecule has 3 rings (SSSR count). The molecule has 0 radical (unpaired) electrons. The van der Waals surface area contributed by atoms with Crippen molar-refractivity contribution in [3.8, 4) is 0 Å². The summed E-state index contributed by atoms with van der Waals surface area (Å²) in [5, 5.41) is 3.48. The Hall–Kier alpha value is -0.960. The molecule has 0 heterocycles. The molecule has 0 saturated heterocycles. The van der Waals surface area contributed by atoms with Gasteiger partial charge in [0.2, 0.25) is 0 Å². The fourth-order valence-electron chi connectivity index (χ4n) is 2.64. The van der Waals surface area contributed by atoms with Crippen LogP contribution in [0, 0.1) is 17.6 Å². The zero-order valence-electron chi connectivity index (χ0n) is 9.76. The molecule has 1 N–H and O–H groups in total. The topological polar surface area (TPSA) is 12.0 Å². The lowest BCUT2D eigenvalue weighted by atomic mass is 9.70. The van der Waals surface area contributed by atoms with Gasteiger partial charge in [0, 0.05) is 6.04 Å². The molecule has 2 atom stereocenters. The van der Waals surface area contributed by atoms with Gasteiger partial charge in [0.25, 0.3) is 0 Å². The first kappa shape index (κ1) is 11.1. The number of hydrogen-bond donors (Lipinski definition) is 1. The number of hydrogen-bond acceptors (Lipinski definition) is 1. The van der Waals surface area contributed by atoms with E-state index in [1.54, 1.807) is 12.1 Å². The van der Waals surface area contributed by atoms with Gasteiger partial charge in [-0.2, -0.15) is 0 Å². The van der Waals surface area contributed by atoms with Crippen molar-refractivity contribution in [2.24, 2.45) is 5.92 Å². The average molecular weight is 237 g/mol. The van der Waals surface area contributed by atoms with E-state index in [1.807, 2.05) is 0 Å². The maximum atomic E-state index is 13.7. The van der Waals surface area contributed by atoms with Crippen molar-refractivity contribution in [3.05, 3.63) is 35.4 Å². The third-order valence-corrected chi connectivity index (χ3v) is 4.04. The second-order valence-corrected chi connectivity index (χ2v) is 5.27. The number of nitrogens with one attached hydrogen (secondary N) is 1. The highest BCUT2D eigenvalue weighted by Gasteiger charge is 2.35. The summed E-state index contributed by atoms with van der Waals surface area (Å²) in [5.74, 6) is -0.680. The van der Waals surface area contributed by atoms with E-state index >= 15 is 0 Å². The summed E-state index contributed by atoms with van der Waals surface area (Å²) in [4.78, 5) is 0. The highest BCUT2D eigenvalue weighted by Crippen LogP contribution is 2.43. The summed E-state index contributed by atoms with van der Waals surface area (Å²) in [6.45, 7) is 0.950. The van der Waals surface area contributed by atoms with Crippen molar-refractivity contribution in [1.29, 1.82) is 0 Å². The predicted octanol–water partition coefficient (Wildman–Crippen LogP) is 3.21. The van der Waals surface area contributed by atoms with Crippen LogP contribution >= 0.6 is 0 Å². The molecule has 3 heteroatoms. The minimum atomic E-state index is -0.719. The summed E-state index contributed by atoms with van der Waals surface area (Å²) in [5.41, 5.74) is 0.568. The Labute approximate surface area is 100 Å². The minimum absolute atomic E-state index is 0.206. The monoisotopic (exact) mass is 237 g/mol. The van der Waals surface area contributed by atoms with Crippen molar-refractivity contribution in [1.82, 2.24) is 5.32 Å². The SMILES string of the molecule is Fc1cccc(C2CCC2CNC2CC2)c1F. The normalized spacial score (nSPS) is 27.9. The number of halogens is 2. The van der Waals surface area contributed by atoms with Gasteiger partial charge in [-0.3, -0.25) is 0 Å². The fraction of sp³-hybridized carbons (Fsp3) is 0.571. The smallest absolute Gasteiger partial charge is 0.162 e. The van der Waals surface area contributed by atoms with Gasteiger partial charge in [0.05, 0.1) is 0 Å². The molecule has 0 spiro atoms. The lowest BCUT2D eigenvalue weighted by Crippen LogP contribution is -2.35. The van der Waals surface area contributed by atoms with E-state index in [1.165, 1.54) is 18.9 Å². The lowest BCUT2D eigenvalue weighted by molar-refractivity contribution is 0.238. The molecule has 2 aliphatic carbocycles. The Balaban J connectivity index is 1.68. The average Bonchev–Trinajstić information content (AvgIpc) is 3.07. The molecule has 2 aliphatic rings. The zero-order valence-corrected chi connectivity index (χ0v) is 9.76. The van der Waals surface area contributed by atoms with Crippen LogP contribution in [0.25, 0.3) is 0 Å². The van der Waals surface area contributed by atoms with Gasteiger partial charge in [-0.25, -0.2) is 8.78 Å². The molecule has 0 bridgehead atoms. The Morgan fingerprint density at radius 2 is 1.94 bits per heavy atom. The first-order valence-corrected chi connectivity index (χ1v) is 6.43. The third-order valence-electron chi connectivity index (χ3n) is 4.04. The molecule has 17 heavy (non-hydrogen) atoms. The van der Waals surface area contributed by atoms with Gasteiger partial charge in [0.1, 0.15) is 0 Å². The van der Waals surface area contributed by atoms with Gasteiger partial charge in [-0.05, 0) is 55.7 Å². The summed E-state index contributed by atoms with van der Waals surface area (Å²) in [7, 11) is 0. The number of rotatable bonds is 4. The standard InChI is InChI=1S/C14H17F2N/c15-13-3-1-2-12(14(13)16)11-7-4-9(11)8-17-10-5-6-10/h1-3,9-11,17H,4-8H2. The summed E-state index contributed by atoms with van der Waals surface area (Å²) in [6, 6.07) is 5.22. The molecule has 1 nitrogen and oxygen atoms in total. The van der Waals surface area contributed by atoms with Crippen LogP contribution in [0.15, 0.2) is 18.2 Å². The summed E-state index contributed by atoms with van der Waals surface area (Å²) in [6.07, 6.45) is 4.65. The van der Waals surface area contributed by atoms with Crippen LogP contribution in [0.4, 0.5) is 8.78 Å². The molecule has 0 aromatic heterocycles. The van der Waals surface area contributed by atoms with Crippen molar-refractivity contribution in [2.45, 2.75) is 37.6 Å². The van der Waals surface area contributed by atoms with Crippen LogP contribution in [0.1, 0.15) is 37.2 Å². The van der Waals surface area contributed by atoms with Crippen molar-refractivity contribution < 1.29 is 8.78 Å². The highest BCUT2D eigenvalue weighted by atomic mass is 19.2. The largest absolute Gasteiger partial charge is 0.314 e. The van der Waals surface area contributed by atoms with Gasteiger partial charge < -0.3 is 5.32 Å². The quantitative estimate of drug-likeness (QED) is 0.848. The van der Waals surface area contributed by atoms with Crippen LogP contribution in [-0.4, -0.2) is 12.6 Å². The molecule has 0 amide bonds. The maximum Gasteiger partial charge on any atom is 0.162 e. The van der Waals surface area contributed by atoms with Crippen LogP contribution in [0.2, 0.25) is 0 Å². The second kappa shape index (κ2) is 4.37. The van der Waals surface area contributed by atoms with E-state index in [4.69, 9.17) is 0 Å². The van der Waals surface area contributed by atoms with Gasteiger partial charge in [-0.1, -0.05) is 12.1 Å². The van der Waals surface area contributed by atoms with Crippen molar-refractivity contribution in [3.63, 3.8) is 0 Å². The first-order valence-electron chi connectivity index (χ1n) is 6.43. The van der Waals surface area contributed by atoms with Crippen molar-refractivity contribution >= 4 is 0 Å². The minimum Gasteiger partial charge on any atom is -0.314 e. The zero-order chi connectivity index (χ0) is 11.8. The Morgan fingerprint density at radius 1 is 1.12 bits per heavy atom. The molecule has 2 fully saturated rings. The Morgan fingerprint density at radius 3 is 2.59 bits per heavy atom. The molecule has 2 saturated carbocycles. The van der Waals surface area contributed by atoms with Crippen LogP contribution < -0.4 is 5.32 Å². The van der Waals surface area contributed by atoms with E-state index in [-0.39, 0.29) is 5.92 Å². The number of benzene rings is 1. The molecule has 0 aliphatic heterocycles. The molecule has 92 valence electrons. The second-order valence-electron chi connectivity index (χ2n) is 5.27. The van der Waals surface area contributed by atoms with Crippen LogP contribution in [0.5, 0.6) is 0 Å². The first-order chi connectivity index (χ1) is 8.25. The van der Waals surface area contributed by atoms with E-state index in [0.717, 1.165) is 19.4 Å². The molecular weight excluding hydrogens is 220 g/mol. The predicted molar refractivity (Wildman–Crippen MR) is 62.8 cm³/mol. The summed E-state index contributed by atoms with van der Waals surface area (Å²) >= 11 is 0. The molecule has 1 aromatic rings. The Kier molecular flexibility index (Phi) is 2.87. The fourth-order valence-corrected chi connectivity index (χ4v) is 2.64. The molecular formula is C14H17F2N. The van der Waals surface area contributed by atoms with Gasteiger partial charge in [0.15, 0.2) is 11.6 Å². The lowest BCUT2D eigenvalue weighted by Gasteiger charge is -2.37. The van der Waals surface area contributed by atoms with Crippen LogP contribution in [0.3, 0.4) is 0 Å². The van der Waals surface area contributed by atoms with Gasteiger partial charge in [-0.15, -0.1) is 0 Å². The third kappa shape index (κ3) is 2.21. The molecule has 1 aromatic carbocycles. The van der Waals surface area contributed by atoms with Gasteiger partial charge >= 0.3 is 0 Å². The van der Waals surface area contributed by atoms with Crippen molar-refractivity contribution in [2.75, 3.05) is 6.54 Å². The van der Waals surface area contributed by atoms with E-state index in [9.17, 15) is 8.78 Å². The highest BCUT2D eigenvalue weighted by molar-refractivity contribution is 5.25.